The Hall–Kier alpha value is -1.39. The third-order valence-electron chi connectivity index (χ3n) is 5.15. The highest BCUT2D eigenvalue weighted by Crippen LogP contribution is 2.22. The second kappa shape index (κ2) is 6.80. The molecule has 0 bridgehead atoms. The lowest BCUT2D eigenvalue weighted by Gasteiger charge is -2.38. The summed E-state index contributed by atoms with van der Waals surface area (Å²) in [5.74, 6) is 0.476. The number of carbonyl (C=O) groups is 1. The van der Waals surface area contributed by atoms with E-state index in [4.69, 9.17) is 0 Å². The maximum Gasteiger partial charge on any atom is 0.239 e. The van der Waals surface area contributed by atoms with Gasteiger partial charge < -0.3 is 10.0 Å². The first-order chi connectivity index (χ1) is 10.7. The number of hydrogen-bond donors (Lipinski definition) is 1. The largest absolute Gasteiger partial charge is 0.396 e. The van der Waals surface area contributed by atoms with E-state index >= 15 is 0 Å². The Kier molecular flexibility index (Phi) is 4.79. The standard InChI is InChI=1S/C18H26N2O2/c1-14(18(22)20-9-4-5-15(11-20)13-21)19-10-8-16-6-2-3-7-17(16)12-19/h2-3,6-7,14-15,21H,4-5,8-13H2,1H3. The number of fused-ring (bicyclic) bond motifs is 1. The molecule has 1 fully saturated rings. The van der Waals surface area contributed by atoms with Gasteiger partial charge >= 0.3 is 0 Å². The van der Waals surface area contributed by atoms with Crippen LogP contribution in [0, 0.1) is 5.92 Å². The highest BCUT2D eigenvalue weighted by Gasteiger charge is 2.31. The number of rotatable bonds is 3. The predicted molar refractivity (Wildman–Crippen MR) is 86.4 cm³/mol. The van der Waals surface area contributed by atoms with E-state index in [0.717, 1.165) is 38.9 Å². The summed E-state index contributed by atoms with van der Waals surface area (Å²) in [7, 11) is 0. The van der Waals surface area contributed by atoms with Crippen molar-refractivity contribution in [2.24, 2.45) is 5.92 Å². The van der Waals surface area contributed by atoms with Gasteiger partial charge in [-0.1, -0.05) is 24.3 Å². The normalized spacial score (nSPS) is 23.9. The van der Waals surface area contributed by atoms with E-state index in [1.165, 1.54) is 11.1 Å². The predicted octanol–water partition coefficient (Wildman–Crippen LogP) is 1.66. The van der Waals surface area contributed by atoms with E-state index in [-0.39, 0.29) is 24.5 Å². The lowest BCUT2D eigenvalue weighted by Crippen LogP contribution is -2.51. The van der Waals surface area contributed by atoms with E-state index in [2.05, 4.69) is 29.2 Å². The summed E-state index contributed by atoms with van der Waals surface area (Å²) < 4.78 is 0. The van der Waals surface area contributed by atoms with Gasteiger partial charge in [0, 0.05) is 32.8 Å². The van der Waals surface area contributed by atoms with E-state index in [1.54, 1.807) is 0 Å². The first-order valence-electron chi connectivity index (χ1n) is 8.39. The van der Waals surface area contributed by atoms with E-state index in [9.17, 15) is 9.90 Å². The van der Waals surface area contributed by atoms with Gasteiger partial charge in [0.2, 0.25) is 5.91 Å². The molecular weight excluding hydrogens is 276 g/mol. The zero-order chi connectivity index (χ0) is 15.5. The fourth-order valence-corrected chi connectivity index (χ4v) is 3.68. The van der Waals surface area contributed by atoms with Crippen molar-refractivity contribution in [3.8, 4) is 0 Å². The number of aliphatic hydroxyl groups excluding tert-OH is 1. The second-order valence-electron chi connectivity index (χ2n) is 6.64. The van der Waals surface area contributed by atoms with Gasteiger partial charge in [-0.25, -0.2) is 0 Å². The molecule has 3 rings (SSSR count). The molecule has 4 heteroatoms. The molecule has 2 unspecified atom stereocenters. The van der Waals surface area contributed by atoms with Gasteiger partial charge in [-0.05, 0) is 43.2 Å². The number of hydrogen-bond acceptors (Lipinski definition) is 3. The topological polar surface area (TPSA) is 43.8 Å². The molecule has 1 amide bonds. The molecule has 2 heterocycles. The number of nitrogens with zero attached hydrogens (tertiary/aromatic N) is 2. The summed E-state index contributed by atoms with van der Waals surface area (Å²) in [4.78, 5) is 17.0. The minimum Gasteiger partial charge on any atom is -0.396 e. The smallest absolute Gasteiger partial charge is 0.239 e. The lowest BCUT2D eigenvalue weighted by molar-refractivity contribution is -0.139. The Bertz CT molecular complexity index is 532. The lowest BCUT2D eigenvalue weighted by atomic mass is 9.97. The second-order valence-corrected chi connectivity index (χ2v) is 6.64. The highest BCUT2D eigenvalue weighted by molar-refractivity contribution is 5.81. The van der Waals surface area contributed by atoms with Crippen LogP contribution < -0.4 is 0 Å². The van der Waals surface area contributed by atoms with Gasteiger partial charge in [0.1, 0.15) is 0 Å². The Morgan fingerprint density at radius 3 is 2.86 bits per heavy atom. The number of piperidine rings is 1. The molecule has 2 atom stereocenters. The SMILES string of the molecule is CC(C(=O)N1CCCC(CO)C1)N1CCc2ccccc2C1. The monoisotopic (exact) mass is 302 g/mol. The third-order valence-corrected chi connectivity index (χ3v) is 5.15. The van der Waals surface area contributed by atoms with Gasteiger partial charge in [0.05, 0.1) is 6.04 Å². The van der Waals surface area contributed by atoms with Gasteiger partial charge in [0.25, 0.3) is 0 Å². The average Bonchev–Trinajstić information content (AvgIpc) is 2.60. The van der Waals surface area contributed by atoms with Crippen LogP contribution in [0.2, 0.25) is 0 Å². The Labute approximate surface area is 132 Å². The molecule has 0 aromatic heterocycles. The molecule has 1 aromatic rings. The summed E-state index contributed by atoms with van der Waals surface area (Å²) >= 11 is 0. The Morgan fingerprint density at radius 1 is 1.32 bits per heavy atom. The molecule has 0 saturated carbocycles. The van der Waals surface area contributed by atoms with Gasteiger partial charge in [-0.15, -0.1) is 0 Å². The third kappa shape index (κ3) is 3.18. The summed E-state index contributed by atoms with van der Waals surface area (Å²) in [6.07, 6.45) is 3.06. The number of amides is 1. The van der Waals surface area contributed by atoms with E-state index in [0.29, 0.717) is 6.54 Å². The van der Waals surface area contributed by atoms with Crippen LogP contribution in [-0.4, -0.2) is 53.1 Å². The summed E-state index contributed by atoms with van der Waals surface area (Å²) in [5.41, 5.74) is 2.76. The van der Waals surface area contributed by atoms with Crippen LogP contribution in [0.1, 0.15) is 30.9 Å². The zero-order valence-electron chi connectivity index (χ0n) is 13.4. The van der Waals surface area contributed by atoms with Crippen molar-refractivity contribution in [2.45, 2.75) is 38.8 Å². The minimum atomic E-state index is -0.0780. The van der Waals surface area contributed by atoms with Gasteiger partial charge in [-0.2, -0.15) is 0 Å². The quantitative estimate of drug-likeness (QED) is 0.923. The van der Waals surface area contributed by atoms with Gasteiger partial charge in [-0.3, -0.25) is 9.69 Å². The fourth-order valence-electron chi connectivity index (χ4n) is 3.68. The van der Waals surface area contributed by atoms with Crippen LogP contribution in [0.3, 0.4) is 0 Å². The van der Waals surface area contributed by atoms with Gasteiger partial charge in [0.15, 0.2) is 0 Å². The molecule has 1 aromatic carbocycles. The zero-order valence-corrected chi connectivity index (χ0v) is 13.4. The van der Waals surface area contributed by atoms with Crippen molar-refractivity contribution >= 4 is 5.91 Å². The Balaban J connectivity index is 1.64. The maximum absolute atomic E-state index is 12.8. The Morgan fingerprint density at radius 2 is 2.09 bits per heavy atom. The van der Waals surface area contributed by atoms with Crippen LogP contribution in [0.5, 0.6) is 0 Å². The molecular formula is C18H26N2O2. The van der Waals surface area contributed by atoms with Crippen molar-refractivity contribution in [3.05, 3.63) is 35.4 Å². The maximum atomic E-state index is 12.8. The summed E-state index contributed by atoms with van der Waals surface area (Å²) in [6, 6.07) is 8.44. The number of carbonyl (C=O) groups excluding carboxylic acids is 1. The minimum absolute atomic E-state index is 0.0780. The molecule has 0 spiro atoms. The van der Waals surface area contributed by atoms with Crippen LogP contribution in [0.4, 0.5) is 0 Å². The van der Waals surface area contributed by atoms with Crippen molar-refractivity contribution in [2.75, 3.05) is 26.2 Å². The molecule has 1 N–H and O–H groups in total. The van der Waals surface area contributed by atoms with Crippen LogP contribution in [0.25, 0.3) is 0 Å². The highest BCUT2D eigenvalue weighted by atomic mass is 16.3. The van der Waals surface area contributed by atoms with Crippen LogP contribution in [-0.2, 0) is 17.8 Å². The van der Waals surface area contributed by atoms with Crippen molar-refractivity contribution in [1.82, 2.24) is 9.80 Å². The summed E-state index contributed by atoms with van der Waals surface area (Å²) in [5, 5.41) is 9.34. The van der Waals surface area contributed by atoms with Crippen LogP contribution >= 0.6 is 0 Å². The number of likely N-dealkylation sites (tertiary alicyclic amines) is 1. The first kappa shape index (κ1) is 15.5. The van der Waals surface area contributed by atoms with E-state index in [1.807, 2.05) is 11.8 Å². The van der Waals surface area contributed by atoms with Crippen LogP contribution in [0.15, 0.2) is 24.3 Å². The molecule has 2 aliphatic heterocycles. The molecule has 4 nitrogen and oxygen atoms in total. The van der Waals surface area contributed by atoms with E-state index < -0.39 is 0 Å². The molecule has 0 aliphatic carbocycles. The number of benzene rings is 1. The molecule has 120 valence electrons. The number of aliphatic hydroxyl groups is 1. The fraction of sp³-hybridized carbons (Fsp3) is 0.611. The average molecular weight is 302 g/mol. The molecule has 2 aliphatic rings. The molecule has 22 heavy (non-hydrogen) atoms. The van der Waals surface area contributed by atoms with Crippen molar-refractivity contribution in [1.29, 1.82) is 0 Å². The van der Waals surface area contributed by atoms with Crippen molar-refractivity contribution in [3.63, 3.8) is 0 Å². The van der Waals surface area contributed by atoms with Crippen molar-refractivity contribution < 1.29 is 9.90 Å². The molecule has 0 radical (unpaired) electrons. The first-order valence-corrected chi connectivity index (χ1v) is 8.39. The molecule has 1 saturated heterocycles. The summed E-state index contributed by atoms with van der Waals surface area (Å²) in [6.45, 7) is 5.57.